The van der Waals surface area contributed by atoms with Gasteiger partial charge in [0.1, 0.15) is 0 Å². The van der Waals surface area contributed by atoms with Gasteiger partial charge in [0.2, 0.25) is 5.91 Å². The monoisotopic (exact) mass is 374 g/mol. The van der Waals surface area contributed by atoms with E-state index in [1.807, 2.05) is 0 Å². The van der Waals surface area contributed by atoms with Crippen molar-refractivity contribution >= 4 is 40.8 Å². The number of hydrogen-bond donors (Lipinski definition) is 4. The summed E-state index contributed by atoms with van der Waals surface area (Å²) < 4.78 is 0. The number of benzene rings is 2. The lowest BCUT2D eigenvalue weighted by Gasteiger charge is -2.08. The zero-order valence-electron chi connectivity index (χ0n) is 14.1. The van der Waals surface area contributed by atoms with E-state index >= 15 is 0 Å². The number of carbonyl (C=O) groups excluding carboxylic acids is 3. The summed E-state index contributed by atoms with van der Waals surface area (Å²) in [4.78, 5) is 35.0. The van der Waals surface area contributed by atoms with Gasteiger partial charge in [-0.05, 0) is 48.5 Å². The fourth-order valence-electron chi connectivity index (χ4n) is 2.05. The van der Waals surface area contributed by atoms with Gasteiger partial charge in [-0.25, -0.2) is 4.79 Å². The summed E-state index contributed by atoms with van der Waals surface area (Å²) in [5.41, 5.74) is 1.69. The molecule has 4 amide bonds. The van der Waals surface area contributed by atoms with Crippen LogP contribution in [0.25, 0.3) is 0 Å². The molecule has 0 heterocycles. The van der Waals surface area contributed by atoms with Gasteiger partial charge in [-0.15, -0.1) is 0 Å². The molecule has 8 heteroatoms. The summed E-state index contributed by atoms with van der Waals surface area (Å²) in [5, 5.41) is 11.0. The number of rotatable bonds is 6. The molecule has 0 spiro atoms. The van der Waals surface area contributed by atoms with E-state index in [-0.39, 0.29) is 30.8 Å². The first-order valence-electron chi connectivity index (χ1n) is 7.90. The van der Waals surface area contributed by atoms with Crippen LogP contribution >= 0.6 is 11.6 Å². The van der Waals surface area contributed by atoms with Crippen molar-refractivity contribution in [1.29, 1.82) is 0 Å². The highest BCUT2D eigenvalue weighted by Crippen LogP contribution is 2.13. The molecule has 136 valence electrons. The van der Waals surface area contributed by atoms with Crippen LogP contribution in [-0.4, -0.2) is 31.4 Å². The molecule has 0 saturated carbocycles. The van der Waals surface area contributed by atoms with Crippen LogP contribution in [0.4, 0.5) is 16.2 Å². The third kappa shape index (κ3) is 6.10. The minimum atomic E-state index is -0.321. The zero-order chi connectivity index (χ0) is 18.9. The second kappa shape index (κ2) is 9.43. The summed E-state index contributed by atoms with van der Waals surface area (Å²) >= 11 is 5.77. The van der Waals surface area contributed by atoms with E-state index in [0.717, 1.165) is 0 Å². The minimum Gasteiger partial charge on any atom is -0.352 e. The van der Waals surface area contributed by atoms with Crippen LogP contribution in [0.15, 0.2) is 48.5 Å². The minimum absolute atomic E-state index is 0.136. The van der Waals surface area contributed by atoms with Gasteiger partial charge in [-0.2, -0.15) is 0 Å². The average molecular weight is 375 g/mol. The van der Waals surface area contributed by atoms with Crippen LogP contribution in [0, 0.1) is 0 Å². The van der Waals surface area contributed by atoms with Crippen molar-refractivity contribution in [3.05, 3.63) is 59.1 Å². The van der Waals surface area contributed by atoms with E-state index in [9.17, 15) is 14.4 Å². The molecule has 0 unspecified atom stereocenters. The third-order valence-corrected chi connectivity index (χ3v) is 3.65. The standard InChI is InChI=1S/C18H19ClN4O3/c1-20-18(26)23-15-8-6-14(7-9-15)22-16(24)10-11-21-17(25)12-2-4-13(19)5-3-12/h2-9H,10-11H2,1H3,(H,21,25)(H,22,24)(H2,20,23,26). The first kappa shape index (κ1) is 19.3. The lowest BCUT2D eigenvalue weighted by molar-refractivity contribution is -0.116. The van der Waals surface area contributed by atoms with Crippen molar-refractivity contribution in [2.75, 3.05) is 24.2 Å². The largest absolute Gasteiger partial charge is 0.352 e. The van der Waals surface area contributed by atoms with Gasteiger partial charge in [0.05, 0.1) is 0 Å². The Labute approximate surface area is 156 Å². The van der Waals surface area contributed by atoms with Gasteiger partial charge >= 0.3 is 6.03 Å². The van der Waals surface area contributed by atoms with Gasteiger partial charge in [-0.1, -0.05) is 11.6 Å². The molecule has 0 radical (unpaired) electrons. The molecule has 7 nitrogen and oxygen atoms in total. The van der Waals surface area contributed by atoms with E-state index < -0.39 is 0 Å². The number of anilines is 2. The molecule has 2 aromatic carbocycles. The molecule has 0 atom stereocenters. The van der Waals surface area contributed by atoms with Gasteiger partial charge in [0.25, 0.3) is 5.91 Å². The van der Waals surface area contributed by atoms with Crippen molar-refractivity contribution < 1.29 is 14.4 Å². The Bertz CT molecular complexity index is 776. The molecule has 0 fully saturated rings. The Morgan fingerprint density at radius 2 is 1.46 bits per heavy atom. The Morgan fingerprint density at radius 1 is 0.885 bits per heavy atom. The smallest absolute Gasteiger partial charge is 0.318 e. The molecule has 2 aromatic rings. The third-order valence-electron chi connectivity index (χ3n) is 3.40. The Hall–Kier alpha value is -3.06. The Balaban J connectivity index is 1.75. The first-order valence-corrected chi connectivity index (χ1v) is 8.28. The van der Waals surface area contributed by atoms with E-state index in [0.29, 0.717) is 22.0 Å². The number of hydrogen-bond acceptors (Lipinski definition) is 3. The molecular weight excluding hydrogens is 356 g/mol. The van der Waals surface area contributed by atoms with Gasteiger partial charge in [0.15, 0.2) is 0 Å². The fourth-order valence-corrected chi connectivity index (χ4v) is 2.17. The Kier molecular flexibility index (Phi) is 6.99. The lowest BCUT2D eigenvalue weighted by atomic mass is 10.2. The summed E-state index contributed by atoms with van der Waals surface area (Å²) in [6.07, 6.45) is 0.136. The first-order chi connectivity index (χ1) is 12.5. The maximum Gasteiger partial charge on any atom is 0.318 e. The highest BCUT2D eigenvalue weighted by Gasteiger charge is 2.07. The van der Waals surface area contributed by atoms with Crippen LogP contribution in [-0.2, 0) is 4.79 Å². The molecule has 0 aliphatic heterocycles. The number of halogens is 1. The highest BCUT2D eigenvalue weighted by molar-refractivity contribution is 6.30. The number of nitrogens with one attached hydrogen (secondary N) is 4. The van der Waals surface area contributed by atoms with Crippen LogP contribution in [0.2, 0.25) is 5.02 Å². The molecule has 0 saturated heterocycles. The predicted octanol–water partition coefficient (Wildman–Crippen LogP) is 2.85. The van der Waals surface area contributed by atoms with Crippen LogP contribution < -0.4 is 21.3 Å². The van der Waals surface area contributed by atoms with Crippen LogP contribution in [0.5, 0.6) is 0 Å². The zero-order valence-corrected chi connectivity index (χ0v) is 14.9. The van der Waals surface area contributed by atoms with E-state index in [2.05, 4.69) is 21.3 Å². The fraction of sp³-hybridized carbons (Fsp3) is 0.167. The van der Waals surface area contributed by atoms with Gasteiger partial charge < -0.3 is 21.3 Å². The number of carbonyl (C=O) groups is 3. The topological polar surface area (TPSA) is 99.3 Å². The molecule has 4 N–H and O–H groups in total. The van der Waals surface area contributed by atoms with Crippen molar-refractivity contribution in [3.8, 4) is 0 Å². The lowest BCUT2D eigenvalue weighted by Crippen LogP contribution is -2.27. The maximum absolute atomic E-state index is 11.9. The number of urea groups is 1. The second-order valence-corrected chi connectivity index (χ2v) is 5.78. The van der Waals surface area contributed by atoms with Crippen LogP contribution in [0.3, 0.4) is 0 Å². The van der Waals surface area contributed by atoms with Gasteiger partial charge in [-0.3, -0.25) is 9.59 Å². The number of amides is 4. The van der Waals surface area contributed by atoms with Crippen molar-refractivity contribution in [1.82, 2.24) is 10.6 Å². The van der Waals surface area contributed by atoms with Gasteiger partial charge in [0, 0.05) is 42.0 Å². The molecule has 0 aliphatic carbocycles. The summed E-state index contributed by atoms with van der Waals surface area (Å²) in [7, 11) is 1.52. The highest BCUT2D eigenvalue weighted by atomic mass is 35.5. The van der Waals surface area contributed by atoms with Crippen LogP contribution in [0.1, 0.15) is 16.8 Å². The quantitative estimate of drug-likeness (QED) is 0.625. The van der Waals surface area contributed by atoms with E-state index in [1.54, 1.807) is 48.5 Å². The predicted molar refractivity (Wildman–Crippen MR) is 102 cm³/mol. The summed E-state index contributed by atoms with van der Waals surface area (Å²) in [6, 6.07) is 12.9. The molecular formula is C18H19ClN4O3. The molecule has 0 bridgehead atoms. The van der Waals surface area contributed by atoms with Crippen molar-refractivity contribution in [2.24, 2.45) is 0 Å². The molecule has 0 aliphatic rings. The van der Waals surface area contributed by atoms with Crippen molar-refractivity contribution in [3.63, 3.8) is 0 Å². The normalized spacial score (nSPS) is 9.92. The van der Waals surface area contributed by atoms with E-state index in [1.165, 1.54) is 7.05 Å². The maximum atomic E-state index is 11.9. The average Bonchev–Trinajstić information content (AvgIpc) is 2.63. The molecule has 26 heavy (non-hydrogen) atoms. The Morgan fingerprint density at radius 3 is 2.04 bits per heavy atom. The SMILES string of the molecule is CNC(=O)Nc1ccc(NC(=O)CCNC(=O)c2ccc(Cl)cc2)cc1. The molecule has 0 aromatic heterocycles. The second-order valence-electron chi connectivity index (χ2n) is 5.34. The van der Waals surface area contributed by atoms with Crippen molar-refractivity contribution in [2.45, 2.75) is 6.42 Å². The van der Waals surface area contributed by atoms with E-state index in [4.69, 9.17) is 11.6 Å². The molecule has 2 rings (SSSR count). The summed E-state index contributed by atoms with van der Waals surface area (Å²) in [5.74, 6) is -0.493. The summed E-state index contributed by atoms with van der Waals surface area (Å²) in [6.45, 7) is 0.212.